The molecule has 0 spiro atoms. The molecule has 0 bridgehead atoms. The van der Waals surface area contributed by atoms with Gasteiger partial charge in [-0.15, -0.1) is 11.3 Å². The van der Waals surface area contributed by atoms with E-state index in [9.17, 15) is 0 Å². The first-order chi connectivity index (χ1) is 19.0. The van der Waals surface area contributed by atoms with Crippen LogP contribution in [0.25, 0.3) is 74.9 Å². The van der Waals surface area contributed by atoms with Crippen molar-refractivity contribution in [1.29, 1.82) is 0 Å². The van der Waals surface area contributed by atoms with Crippen LogP contribution in [-0.2, 0) is 0 Å². The van der Waals surface area contributed by atoms with Crippen LogP contribution in [0.15, 0.2) is 72.8 Å². The number of benzene rings is 5. The molecule has 8 rings (SSSR count). The number of aromatic amines is 2. The second kappa shape index (κ2) is 8.14. The van der Waals surface area contributed by atoms with Crippen molar-refractivity contribution < 1.29 is 0 Å². The first-order valence-corrected chi connectivity index (χ1v) is 14.5. The molecule has 5 aromatic carbocycles. The number of H-pyrrole nitrogens is 2. The van der Waals surface area contributed by atoms with E-state index in [-0.39, 0.29) is 0 Å². The van der Waals surface area contributed by atoms with Crippen molar-refractivity contribution in [3.05, 3.63) is 84.4 Å². The van der Waals surface area contributed by atoms with Gasteiger partial charge < -0.3 is 9.97 Å². The van der Waals surface area contributed by atoms with Crippen LogP contribution < -0.4 is 0 Å². The fraction of sp³-hybridized carbons (Fsp3) is 0.176. The van der Waals surface area contributed by atoms with E-state index in [1.165, 1.54) is 52.8 Å². The summed E-state index contributed by atoms with van der Waals surface area (Å²) in [6.07, 6.45) is 0. The lowest BCUT2D eigenvalue weighted by Crippen LogP contribution is -1.88. The fourth-order valence-corrected chi connectivity index (χ4v) is 7.15. The Balaban J connectivity index is 1.34. The van der Waals surface area contributed by atoms with Gasteiger partial charge in [-0.3, -0.25) is 0 Å². The smallest absolute Gasteiger partial charge is 0.109 e. The van der Waals surface area contributed by atoms with E-state index in [1.54, 1.807) is 0 Å². The van der Waals surface area contributed by atoms with E-state index in [0.717, 1.165) is 33.7 Å². The molecule has 0 aliphatic heterocycles. The Kier molecular flexibility index (Phi) is 4.74. The van der Waals surface area contributed by atoms with Crippen LogP contribution >= 0.6 is 11.3 Å². The van der Waals surface area contributed by atoms with E-state index < -0.39 is 0 Å². The highest BCUT2D eigenvalue weighted by Gasteiger charge is 2.17. The minimum absolute atomic E-state index is 0.346. The third kappa shape index (κ3) is 3.29. The molecule has 0 unspecified atom stereocenters. The van der Waals surface area contributed by atoms with Crippen LogP contribution in [0.1, 0.15) is 51.2 Å². The average molecular weight is 525 g/mol. The number of nitrogens with zero attached hydrogens (tertiary/aromatic N) is 2. The highest BCUT2D eigenvalue weighted by Crippen LogP contribution is 2.41. The second-order valence-corrected chi connectivity index (χ2v) is 12.3. The van der Waals surface area contributed by atoms with Gasteiger partial charge in [-0.2, -0.15) is 0 Å². The van der Waals surface area contributed by atoms with Crippen LogP contribution in [0, 0.1) is 0 Å². The Hall–Kier alpha value is -4.22. The number of hydrogen-bond acceptors (Lipinski definition) is 3. The predicted molar refractivity (Wildman–Crippen MR) is 167 cm³/mol. The topological polar surface area (TPSA) is 57.4 Å². The highest BCUT2D eigenvalue weighted by atomic mass is 32.1. The second-order valence-electron chi connectivity index (χ2n) is 11.2. The van der Waals surface area contributed by atoms with Gasteiger partial charge in [-0.05, 0) is 40.1 Å². The number of nitrogens with one attached hydrogen (secondary N) is 2. The Morgan fingerprint density at radius 2 is 1.26 bits per heavy atom. The monoisotopic (exact) mass is 524 g/mol. The first-order valence-electron chi connectivity index (χ1n) is 13.7. The van der Waals surface area contributed by atoms with Crippen LogP contribution in [0.3, 0.4) is 0 Å². The van der Waals surface area contributed by atoms with Gasteiger partial charge in [0.25, 0.3) is 0 Å². The van der Waals surface area contributed by atoms with E-state index >= 15 is 0 Å². The van der Waals surface area contributed by atoms with Gasteiger partial charge in [0.05, 0.1) is 21.3 Å². The standard InChI is InChI=1S/C34H28N4S/c1-17(2)33-35-27-14-13-25-22-11-9-20(16-28(22)39-32(25)31(27)38-33)19-10-12-24-26(15-19)21-7-5-6-8-23(21)29-30(24)37-34(36-29)18(3)4/h5-18H,1-4H3,(H,35,38)(H,36,37). The van der Waals surface area contributed by atoms with E-state index in [4.69, 9.17) is 9.97 Å². The number of rotatable bonds is 3. The van der Waals surface area contributed by atoms with E-state index in [2.05, 4.69) is 110 Å². The van der Waals surface area contributed by atoms with Crippen molar-refractivity contribution in [2.75, 3.05) is 0 Å². The summed E-state index contributed by atoms with van der Waals surface area (Å²) in [6.45, 7) is 8.73. The van der Waals surface area contributed by atoms with Crippen molar-refractivity contribution in [1.82, 2.24) is 19.9 Å². The molecule has 0 radical (unpaired) electrons. The minimum Gasteiger partial charge on any atom is -0.342 e. The molecule has 0 saturated heterocycles. The first kappa shape index (κ1) is 22.7. The molecule has 0 saturated carbocycles. The van der Waals surface area contributed by atoms with Gasteiger partial charge in [0, 0.05) is 38.1 Å². The third-order valence-electron chi connectivity index (χ3n) is 8.02. The number of aromatic nitrogens is 4. The van der Waals surface area contributed by atoms with E-state index in [1.807, 2.05) is 11.3 Å². The molecule has 0 atom stereocenters. The number of imidazole rings is 2. The molecule has 3 heterocycles. The third-order valence-corrected chi connectivity index (χ3v) is 9.20. The molecule has 0 amide bonds. The van der Waals surface area contributed by atoms with Crippen molar-refractivity contribution in [2.45, 2.75) is 39.5 Å². The molecule has 0 fully saturated rings. The van der Waals surface area contributed by atoms with Gasteiger partial charge >= 0.3 is 0 Å². The quantitative estimate of drug-likeness (QED) is 0.226. The Morgan fingerprint density at radius 1 is 0.590 bits per heavy atom. The largest absolute Gasteiger partial charge is 0.342 e. The molecule has 0 aliphatic rings. The normalized spacial score (nSPS) is 12.6. The molecule has 0 aliphatic carbocycles. The predicted octanol–water partition coefficient (Wildman–Crippen LogP) is 10.0. The summed E-state index contributed by atoms with van der Waals surface area (Å²) < 4.78 is 2.55. The lowest BCUT2D eigenvalue weighted by atomic mass is 9.95. The molecule has 39 heavy (non-hydrogen) atoms. The van der Waals surface area contributed by atoms with Crippen LogP contribution in [0.2, 0.25) is 0 Å². The van der Waals surface area contributed by atoms with Crippen molar-refractivity contribution in [2.24, 2.45) is 0 Å². The number of thiophene rings is 1. The zero-order valence-corrected chi connectivity index (χ0v) is 23.2. The summed E-state index contributed by atoms with van der Waals surface area (Å²) in [4.78, 5) is 17.1. The lowest BCUT2D eigenvalue weighted by Gasteiger charge is -2.09. The van der Waals surface area contributed by atoms with Crippen molar-refractivity contribution >= 4 is 75.1 Å². The van der Waals surface area contributed by atoms with Crippen LogP contribution in [0.4, 0.5) is 0 Å². The molecular formula is C34H28N4S. The van der Waals surface area contributed by atoms with Crippen LogP contribution in [0.5, 0.6) is 0 Å². The Labute approximate surface area is 229 Å². The molecular weight excluding hydrogens is 496 g/mol. The summed E-state index contributed by atoms with van der Waals surface area (Å²) in [5.41, 5.74) is 6.84. The highest BCUT2D eigenvalue weighted by molar-refractivity contribution is 7.26. The summed E-state index contributed by atoms with van der Waals surface area (Å²) in [5.74, 6) is 2.80. The summed E-state index contributed by atoms with van der Waals surface area (Å²) in [7, 11) is 0. The molecule has 3 aromatic heterocycles. The minimum atomic E-state index is 0.346. The maximum atomic E-state index is 5.00. The molecule has 190 valence electrons. The maximum Gasteiger partial charge on any atom is 0.109 e. The molecule has 2 N–H and O–H groups in total. The fourth-order valence-electron chi connectivity index (χ4n) is 5.92. The molecule has 5 heteroatoms. The van der Waals surface area contributed by atoms with Crippen LogP contribution in [-0.4, -0.2) is 19.9 Å². The maximum absolute atomic E-state index is 5.00. The summed E-state index contributed by atoms with van der Waals surface area (Å²) in [5, 5.41) is 7.49. The number of fused-ring (bicyclic) bond motifs is 11. The van der Waals surface area contributed by atoms with Gasteiger partial charge in [-0.25, -0.2) is 9.97 Å². The molecule has 4 nitrogen and oxygen atoms in total. The Morgan fingerprint density at radius 3 is 2.05 bits per heavy atom. The molecule has 8 aromatic rings. The van der Waals surface area contributed by atoms with Gasteiger partial charge in [-0.1, -0.05) is 82.3 Å². The van der Waals surface area contributed by atoms with Crippen molar-refractivity contribution in [3.8, 4) is 11.1 Å². The number of hydrogen-bond donors (Lipinski definition) is 2. The zero-order chi connectivity index (χ0) is 26.4. The average Bonchev–Trinajstić information content (AvgIpc) is 3.67. The lowest BCUT2D eigenvalue weighted by molar-refractivity contribution is 0.799. The van der Waals surface area contributed by atoms with Gasteiger partial charge in [0.15, 0.2) is 0 Å². The zero-order valence-electron chi connectivity index (χ0n) is 22.4. The van der Waals surface area contributed by atoms with Crippen molar-refractivity contribution in [3.63, 3.8) is 0 Å². The SMILES string of the molecule is CC(C)c1nc2c(ccc3c4ccc(-c5ccc6c(c5)c5ccccc5c5nc(C(C)C)[nH]c65)cc4sc32)[nH]1. The van der Waals surface area contributed by atoms with Gasteiger partial charge in [0.1, 0.15) is 17.2 Å². The van der Waals surface area contributed by atoms with E-state index in [0.29, 0.717) is 11.8 Å². The summed E-state index contributed by atoms with van der Waals surface area (Å²) in [6, 6.07) is 26.8. The Bertz CT molecular complexity index is 2240. The summed E-state index contributed by atoms with van der Waals surface area (Å²) >= 11 is 1.84. The van der Waals surface area contributed by atoms with Gasteiger partial charge in [0.2, 0.25) is 0 Å².